The van der Waals surface area contributed by atoms with Crippen molar-refractivity contribution in [2.45, 2.75) is 43.9 Å². The van der Waals surface area contributed by atoms with Crippen molar-refractivity contribution >= 4 is 34.9 Å². The van der Waals surface area contributed by atoms with Crippen LogP contribution in [0.4, 0.5) is 17.6 Å². The molecular weight excluding hydrogens is 497 g/mol. The van der Waals surface area contributed by atoms with E-state index in [1.54, 1.807) is 23.1 Å². The molecule has 0 bridgehead atoms. The first-order valence-electron chi connectivity index (χ1n) is 10.6. The summed E-state index contributed by atoms with van der Waals surface area (Å²) >= 11 is 11.9. The van der Waals surface area contributed by atoms with Crippen LogP contribution >= 0.6 is 23.2 Å². The van der Waals surface area contributed by atoms with Crippen molar-refractivity contribution in [3.63, 3.8) is 0 Å². The Kier molecular flexibility index (Phi) is 5.67. The first kappa shape index (κ1) is 23.2. The third-order valence-corrected chi connectivity index (χ3v) is 6.90. The summed E-state index contributed by atoms with van der Waals surface area (Å²) in [5, 5.41) is 3.93. The Balaban J connectivity index is 1.36. The Morgan fingerprint density at radius 2 is 1.79 bits per heavy atom. The highest BCUT2D eigenvalue weighted by Gasteiger charge is 2.63. The molecule has 0 spiro atoms. The molecule has 180 valence electrons. The standard InChI is InChI=1S/C23H19Cl2F4N3O2/c24-17-6-16(7-18(25)8-17)22(23(27,28)29)9-20(30-34-22)32-10-14-2-1-13(5-15(14)11-32)21(33)31-4-3-19(26)12-31/h1-2,5-8,19H,3-4,9-12H2. The van der Waals surface area contributed by atoms with E-state index in [1.165, 1.54) is 23.1 Å². The Labute approximate surface area is 202 Å². The Hall–Kier alpha value is -2.52. The lowest BCUT2D eigenvalue weighted by Gasteiger charge is -2.30. The van der Waals surface area contributed by atoms with Gasteiger partial charge in [0, 0.05) is 40.8 Å². The van der Waals surface area contributed by atoms with Crippen LogP contribution in [0.25, 0.3) is 0 Å². The third kappa shape index (κ3) is 3.98. The number of hydrogen-bond donors (Lipinski definition) is 0. The van der Waals surface area contributed by atoms with Gasteiger partial charge in [0.2, 0.25) is 0 Å². The molecule has 5 rings (SSSR count). The van der Waals surface area contributed by atoms with Gasteiger partial charge in [-0.05, 0) is 47.9 Å². The number of amides is 1. The van der Waals surface area contributed by atoms with Gasteiger partial charge in [0.1, 0.15) is 12.0 Å². The normalized spacial score (nSPS) is 24.3. The number of fused-ring (bicyclic) bond motifs is 1. The lowest BCUT2D eigenvalue weighted by atomic mass is 9.89. The van der Waals surface area contributed by atoms with Gasteiger partial charge in [0.15, 0.2) is 0 Å². The van der Waals surface area contributed by atoms with E-state index < -0.39 is 24.4 Å². The van der Waals surface area contributed by atoms with E-state index >= 15 is 0 Å². The number of oxime groups is 1. The third-order valence-electron chi connectivity index (χ3n) is 6.46. The van der Waals surface area contributed by atoms with E-state index in [1.807, 2.05) is 0 Å². The van der Waals surface area contributed by atoms with Crippen LogP contribution in [0.3, 0.4) is 0 Å². The quantitative estimate of drug-likeness (QED) is 0.483. The van der Waals surface area contributed by atoms with E-state index in [-0.39, 0.29) is 40.4 Å². The van der Waals surface area contributed by atoms with Crippen molar-refractivity contribution in [3.8, 4) is 0 Å². The van der Waals surface area contributed by atoms with Gasteiger partial charge in [0.25, 0.3) is 11.5 Å². The number of hydrogen-bond acceptors (Lipinski definition) is 4. The lowest BCUT2D eigenvalue weighted by Crippen LogP contribution is -2.43. The van der Waals surface area contributed by atoms with Gasteiger partial charge in [-0.15, -0.1) is 0 Å². The summed E-state index contributed by atoms with van der Waals surface area (Å²) in [5.41, 5.74) is -0.819. The fourth-order valence-corrected chi connectivity index (χ4v) is 5.17. The minimum absolute atomic E-state index is 0.0611. The number of carbonyl (C=O) groups is 1. The molecule has 2 unspecified atom stereocenters. The van der Waals surface area contributed by atoms with Gasteiger partial charge in [-0.1, -0.05) is 34.4 Å². The van der Waals surface area contributed by atoms with Crippen LogP contribution in [0.2, 0.25) is 10.0 Å². The van der Waals surface area contributed by atoms with Crippen molar-refractivity contribution < 1.29 is 27.2 Å². The molecule has 2 aromatic carbocycles. The van der Waals surface area contributed by atoms with Crippen molar-refractivity contribution in [2.24, 2.45) is 5.16 Å². The average Bonchev–Trinajstić information content (AvgIpc) is 3.49. The predicted octanol–water partition coefficient (Wildman–Crippen LogP) is 5.68. The summed E-state index contributed by atoms with van der Waals surface area (Å²) in [6.45, 7) is 1.04. The second-order valence-corrected chi connectivity index (χ2v) is 9.61. The van der Waals surface area contributed by atoms with Crippen LogP contribution in [0.5, 0.6) is 0 Å². The molecule has 1 fully saturated rings. The van der Waals surface area contributed by atoms with Crippen LogP contribution in [0.1, 0.15) is 39.9 Å². The molecule has 3 aliphatic rings. The predicted molar refractivity (Wildman–Crippen MR) is 118 cm³/mol. The molecule has 0 saturated carbocycles. The van der Waals surface area contributed by atoms with Gasteiger partial charge < -0.3 is 14.6 Å². The minimum Gasteiger partial charge on any atom is -0.372 e. The number of nitrogens with zero attached hydrogens (tertiary/aromatic N) is 3. The van der Waals surface area contributed by atoms with Crippen molar-refractivity contribution in [2.75, 3.05) is 13.1 Å². The van der Waals surface area contributed by atoms with Gasteiger partial charge >= 0.3 is 6.18 Å². The van der Waals surface area contributed by atoms with E-state index in [0.29, 0.717) is 25.1 Å². The van der Waals surface area contributed by atoms with Crippen LogP contribution in [-0.4, -0.2) is 47.0 Å². The maximum absolute atomic E-state index is 14.2. The molecule has 5 nitrogen and oxygen atoms in total. The zero-order valence-electron chi connectivity index (χ0n) is 17.7. The first-order valence-corrected chi connectivity index (χ1v) is 11.4. The van der Waals surface area contributed by atoms with Gasteiger partial charge in [-0.25, -0.2) is 4.39 Å². The summed E-state index contributed by atoms with van der Waals surface area (Å²) in [7, 11) is 0. The molecule has 3 aliphatic heterocycles. The lowest BCUT2D eigenvalue weighted by molar-refractivity contribution is -0.275. The van der Waals surface area contributed by atoms with E-state index in [9.17, 15) is 22.4 Å². The minimum atomic E-state index is -4.78. The van der Waals surface area contributed by atoms with Gasteiger partial charge in [-0.3, -0.25) is 4.79 Å². The second-order valence-electron chi connectivity index (χ2n) is 8.74. The summed E-state index contributed by atoms with van der Waals surface area (Å²) in [6.07, 6.45) is -6.01. The number of alkyl halides is 4. The molecule has 11 heteroatoms. The first-order chi connectivity index (χ1) is 16.1. The zero-order chi connectivity index (χ0) is 24.3. The molecule has 2 aromatic rings. The topological polar surface area (TPSA) is 45.1 Å². The molecule has 0 N–H and O–H groups in total. The molecule has 2 atom stereocenters. The molecular formula is C23H19Cl2F4N3O2. The SMILES string of the molecule is O=C(c1ccc2c(c1)CN(C1=NOC(c3cc(Cl)cc(Cl)c3)(C(F)(F)F)C1)C2)N1CCC(F)C1. The molecule has 1 saturated heterocycles. The van der Waals surface area contributed by atoms with Crippen molar-refractivity contribution in [1.29, 1.82) is 0 Å². The van der Waals surface area contributed by atoms with Crippen molar-refractivity contribution in [3.05, 3.63) is 68.7 Å². The zero-order valence-corrected chi connectivity index (χ0v) is 19.2. The summed E-state index contributed by atoms with van der Waals surface area (Å²) in [5.74, 6) is -0.117. The fourth-order valence-electron chi connectivity index (χ4n) is 4.64. The largest absolute Gasteiger partial charge is 0.435 e. The Morgan fingerprint density at radius 3 is 2.44 bits per heavy atom. The van der Waals surface area contributed by atoms with Crippen LogP contribution in [0, 0.1) is 0 Å². The number of likely N-dealkylation sites (tertiary alicyclic amines) is 1. The molecule has 0 aliphatic carbocycles. The molecule has 34 heavy (non-hydrogen) atoms. The number of rotatable bonds is 2. The summed E-state index contributed by atoms with van der Waals surface area (Å²) in [4.78, 5) is 20.9. The Bertz CT molecular complexity index is 1170. The number of carbonyl (C=O) groups excluding carboxylic acids is 1. The molecule has 0 aromatic heterocycles. The van der Waals surface area contributed by atoms with Crippen LogP contribution < -0.4 is 0 Å². The smallest absolute Gasteiger partial charge is 0.372 e. The number of halogens is 6. The van der Waals surface area contributed by atoms with E-state index in [4.69, 9.17) is 28.0 Å². The maximum atomic E-state index is 14.2. The van der Waals surface area contributed by atoms with E-state index in [2.05, 4.69) is 5.16 Å². The summed E-state index contributed by atoms with van der Waals surface area (Å²) < 4.78 is 56.2. The van der Waals surface area contributed by atoms with E-state index in [0.717, 1.165) is 11.1 Å². The summed E-state index contributed by atoms with van der Waals surface area (Å²) in [6, 6.07) is 8.85. The fraction of sp³-hybridized carbons (Fsp3) is 0.391. The van der Waals surface area contributed by atoms with Gasteiger partial charge in [-0.2, -0.15) is 13.2 Å². The number of benzene rings is 2. The molecule has 0 radical (unpaired) electrons. The monoisotopic (exact) mass is 515 g/mol. The maximum Gasteiger partial charge on any atom is 0.435 e. The van der Waals surface area contributed by atoms with Crippen molar-refractivity contribution in [1.82, 2.24) is 9.80 Å². The molecule has 3 heterocycles. The Morgan fingerprint density at radius 1 is 1.09 bits per heavy atom. The highest BCUT2D eigenvalue weighted by atomic mass is 35.5. The average molecular weight is 516 g/mol. The molecule has 1 amide bonds. The highest BCUT2D eigenvalue weighted by molar-refractivity contribution is 6.34. The van der Waals surface area contributed by atoms with Gasteiger partial charge in [0.05, 0.1) is 13.0 Å². The van der Waals surface area contributed by atoms with Crippen LogP contribution in [0.15, 0.2) is 41.6 Å². The highest BCUT2D eigenvalue weighted by Crippen LogP contribution is 2.49. The van der Waals surface area contributed by atoms with Crippen LogP contribution in [-0.2, 0) is 23.5 Å². The second kappa shape index (κ2) is 8.30. The number of amidine groups is 1.